The van der Waals surface area contributed by atoms with Crippen LogP contribution in [0.5, 0.6) is 0 Å². The third-order valence-corrected chi connectivity index (χ3v) is 4.64. The van der Waals surface area contributed by atoms with Gasteiger partial charge in [-0.2, -0.15) is 0 Å². The fraction of sp³-hybridized carbons (Fsp3) is 0.833. The van der Waals surface area contributed by atoms with Gasteiger partial charge < -0.3 is 10.0 Å². The number of hydrogen-bond acceptors (Lipinski definition) is 4. The molecule has 0 spiro atoms. The quantitative estimate of drug-likeness (QED) is 0.665. The molecule has 8 heteroatoms. The minimum atomic E-state index is -3.49. The van der Waals surface area contributed by atoms with Crippen LogP contribution in [0.25, 0.3) is 0 Å². The fourth-order valence-corrected chi connectivity index (χ4v) is 3.18. The lowest BCUT2D eigenvalue weighted by Gasteiger charge is -2.26. The molecule has 1 rings (SSSR count). The van der Waals surface area contributed by atoms with Crippen molar-refractivity contribution in [3.63, 3.8) is 0 Å². The number of carboxylic acids is 1. The first-order valence-electron chi connectivity index (χ1n) is 6.87. The Kier molecular flexibility index (Phi) is 6.94. The summed E-state index contributed by atoms with van der Waals surface area (Å²) >= 11 is 0. The Morgan fingerprint density at radius 1 is 1.10 bits per heavy atom. The highest BCUT2D eigenvalue weighted by atomic mass is 32.2. The van der Waals surface area contributed by atoms with Gasteiger partial charge in [-0.15, -0.1) is 0 Å². The second-order valence-corrected chi connectivity index (χ2v) is 6.83. The highest BCUT2D eigenvalue weighted by Gasteiger charge is 2.17. The Balaban J connectivity index is 2.21. The molecule has 0 aliphatic carbocycles. The van der Waals surface area contributed by atoms with Crippen LogP contribution >= 0.6 is 0 Å². The second kappa shape index (κ2) is 8.21. The maximum absolute atomic E-state index is 11.8. The topological polar surface area (TPSA) is 104 Å². The van der Waals surface area contributed by atoms with E-state index in [4.69, 9.17) is 5.11 Å². The van der Waals surface area contributed by atoms with Crippen LogP contribution in [-0.4, -0.2) is 55.7 Å². The molecule has 0 bridgehead atoms. The summed E-state index contributed by atoms with van der Waals surface area (Å²) in [6.07, 6.45) is 3.20. The molecule has 1 aliphatic rings. The average Bonchev–Trinajstić information content (AvgIpc) is 2.38. The van der Waals surface area contributed by atoms with Crippen LogP contribution in [-0.2, 0) is 19.6 Å². The minimum Gasteiger partial charge on any atom is -0.481 e. The number of nitrogens with zero attached hydrogens (tertiary/aromatic N) is 1. The minimum absolute atomic E-state index is 0.0297. The summed E-state index contributed by atoms with van der Waals surface area (Å²) in [6, 6.07) is 0. The van der Waals surface area contributed by atoms with E-state index in [0.717, 1.165) is 32.4 Å². The van der Waals surface area contributed by atoms with Gasteiger partial charge in [0.15, 0.2) is 0 Å². The molecule has 1 heterocycles. The molecule has 7 nitrogen and oxygen atoms in total. The van der Waals surface area contributed by atoms with Gasteiger partial charge in [-0.05, 0) is 25.7 Å². The van der Waals surface area contributed by atoms with Crippen LogP contribution in [0.2, 0.25) is 0 Å². The molecule has 20 heavy (non-hydrogen) atoms. The van der Waals surface area contributed by atoms with Crippen LogP contribution in [0, 0.1) is 0 Å². The van der Waals surface area contributed by atoms with Gasteiger partial charge in [0, 0.05) is 32.5 Å². The maximum atomic E-state index is 11.8. The van der Waals surface area contributed by atoms with Gasteiger partial charge in [-0.1, -0.05) is 0 Å². The number of carbonyl (C=O) groups excluding carboxylic acids is 1. The van der Waals surface area contributed by atoms with Crippen molar-refractivity contribution >= 4 is 21.9 Å². The predicted molar refractivity (Wildman–Crippen MR) is 73.7 cm³/mol. The number of carbonyl (C=O) groups is 2. The molecule has 0 atom stereocenters. The van der Waals surface area contributed by atoms with Gasteiger partial charge in [0.05, 0.1) is 5.75 Å². The summed E-state index contributed by atoms with van der Waals surface area (Å²) in [5, 5.41) is 8.44. The molecule has 1 fully saturated rings. The van der Waals surface area contributed by atoms with Crippen LogP contribution in [0.15, 0.2) is 0 Å². The second-order valence-electron chi connectivity index (χ2n) is 4.90. The highest BCUT2D eigenvalue weighted by molar-refractivity contribution is 7.89. The third kappa shape index (κ3) is 6.85. The summed E-state index contributed by atoms with van der Waals surface area (Å²) in [5.74, 6) is -1.27. The number of sulfonamides is 1. The zero-order valence-electron chi connectivity index (χ0n) is 11.5. The highest BCUT2D eigenvalue weighted by Crippen LogP contribution is 2.09. The lowest BCUT2D eigenvalue weighted by atomic mass is 10.1. The molecule has 0 aromatic heterocycles. The number of nitrogens with one attached hydrogen (secondary N) is 1. The van der Waals surface area contributed by atoms with Crippen molar-refractivity contribution < 1.29 is 23.1 Å². The molecule has 1 saturated heterocycles. The molecule has 0 aromatic rings. The number of likely N-dealkylation sites (tertiary alicyclic amines) is 1. The first-order valence-corrected chi connectivity index (χ1v) is 8.53. The number of carboxylic acid groups (broad SMARTS) is 1. The first-order chi connectivity index (χ1) is 9.41. The normalized spacial score (nSPS) is 16.1. The summed E-state index contributed by atoms with van der Waals surface area (Å²) in [7, 11) is -3.49. The van der Waals surface area contributed by atoms with Crippen molar-refractivity contribution in [2.75, 3.05) is 25.4 Å². The van der Waals surface area contributed by atoms with Crippen LogP contribution in [0.3, 0.4) is 0 Å². The number of piperidine rings is 1. The van der Waals surface area contributed by atoms with E-state index in [1.54, 1.807) is 4.90 Å². The molecular formula is C12H22N2O5S. The monoisotopic (exact) mass is 306 g/mol. The van der Waals surface area contributed by atoms with E-state index in [9.17, 15) is 18.0 Å². The molecule has 0 radical (unpaired) electrons. The van der Waals surface area contributed by atoms with E-state index >= 15 is 0 Å². The van der Waals surface area contributed by atoms with E-state index in [1.807, 2.05) is 0 Å². The van der Waals surface area contributed by atoms with E-state index in [0.29, 0.717) is 0 Å². The molecular weight excluding hydrogens is 284 g/mol. The van der Waals surface area contributed by atoms with Gasteiger partial charge >= 0.3 is 5.97 Å². The van der Waals surface area contributed by atoms with Crippen molar-refractivity contribution in [3.8, 4) is 0 Å². The Labute approximate surface area is 119 Å². The molecule has 0 saturated carbocycles. The van der Waals surface area contributed by atoms with Crippen molar-refractivity contribution in [1.29, 1.82) is 0 Å². The van der Waals surface area contributed by atoms with Gasteiger partial charge in [-0.3, -0.25) is 9.59 Å². The fourth-order valence-electron chi connectivity index (χ4n) is 2.10. The standard InChI is InChI=1S/C12H22N2O5S/c15-11(14-8-2-1-3-9-14)6-7-13-20(18,19)10-4-5-12(16)17/h13H,1-10H2,(H,16,17). The third-order valence-electron chi connectivity index (χ3n) is 3.17. The molecule has 0 aromatic carbocycles. The van der Waals surface area contributed by atoms with Gasteiger partial charge in [0.25, 0.3) is 0 Å². The van der Waals surface area contributed by atoms with Crippen LogP contribution in [0.1, 0.15) is 38.5 Å². The molecule has 1 aliphatic heterocycles. The first kappa shape index (κ1) is 16.9. The van der Waals surface area contributed by atoms with Crippen molar-refractivity contribution in [2.24, 2.45) is 0 Å². The number of hydrogen-bond donors (Lipinski definition) is 2. The van der Waals surface area contributed by atoms with Crippen molar-refractivity contribution in [1.82, 2.24) is 9.62 Å². The van der Waals surface area contributed by atoms with E-state index < -0.39 is 16.0 Å². The van der Waals surface area contributed by atoms with Gasteiger partial charge in [0.2, 0.25) is 15.9 Å². The average molecular weight is 306 g/mol. The molecule has 1 amide bonds. The Morgan fingerprint density at radius 2 is 1.75 bits per heavy atom. The number of aliphatic carboxylic acids is 1. The Morgan fingerprint density at radius 3 is 2.35 bits per heavy atom. The Bertz CT molecular complexity index is 429. The van der Waals surface area contributed by atoms with E-state index in [1.165, 1.54) is 0 Å². The predicted octanol–water partition coefficient (Wildman–Crippen LogP) is 0.173. The SMILES string of the molecule is O=C(O)CCCS(=O)(=O)NCCC(=O)N1CCCCC1. The Hall–Kier alpha value is -1.15. The maximum Gasteiger partial charge on any atom is 0.303 e. The van der Waals surface area contributed by atoms with E-state index in [2.05, 4.69) is 4.72 Å². The van der Waals surface area contributed by atoms with E-state index in [-0.39, 0.29) is 37.5 Å². The van der Waals surface area contributed by atoms with Crippen molar-refractivity contribution in [2.45, 2.75) is 38.5 Å². The lowest BCUT2D eigenvalue weighted by Crippen LogP contribution is -2.38. The van der Waals surface area contributed by atoms with Crippen LogP contribution in [0.4, 0.5) is 0 Å². The smallest absolute Gasteiger partial charge is 0.303 e. The van der Waals surface area contributed by atoms with Gasteiger partial charge in [-0.25, -0.2) is 13.1 Å². The zero-order valence-corrected chi connectivity index (χ0v) is 12.3. The van der Waals surface area contributed by atoms with Crippen LogP contribution < -0.4 is 4.72 Å². The molecule has 116 valence electrons. The van der Waals surface area contributed by atoms with Crippen molar-refractivity contribution in [3.05, 3.63) is 0 Å². The molecule has 2 N–H and O–H groups in total. The summed E-state index contributed by atoms with van der Waals surface area (Å²) in [6.45, 7) is 1.58. The largest absolute Gasteiger partial charge is 0.481 e. The molecule has 0 unspecified atom stereocenters. The lowest BCUT2D eigenvalue weighted by molar-refractivity contribution is -0.137. The number of amides is 1. The zero-order chi connectivity index (χ0) is 15.0. The summed E-state index contributed by atoms with van der Waals surface area (Å²) in [4.78, 5) is 23.9. The summed E-state index contributed by atoms with van der Waals surface area (Å²) < 4.78 is 25.4. The van der Waals surface area contributed by atoms with Gasteiger partial charge in [0.1, 0.15) is 0 Å². The summed E-state index contributed by atoms with van der Waals surface area (Å²) in [5.41, 5.74) is 0. The number of rotatable bonds is 8.